The van der Waals surface area contributed by atoms with Gasteiger partial charge in [-0.05, 0) is 31.1 Å². The molecule has 82 valence electrons. The minimum absolute atomic E-state index is 0.943. The van der Waals surface area contributed by atoms with Gasteiger partial charge in [0.1, 0.15) is 0 Å². The first kappa shape index (κ1) is 11.8. The van der Waals surface area contributed by atoms with Crippen LogP contribution in [0.15, 0.2) is 12.2 Å². The van der Waals surface area contributed by atoms with Crippen molar-refractivity contribution in [2.45, 2.75) is 65.2 Å². The molecule has 0 nitrogen and oxygen atoms in total. The predicted molar refractivity (Wildman–Crippen MR) is 64.4 cm³/mol. The highest BCUT2D eigenvalue weighted by Crippen LogP contribution is 2.33. The van der Waals surface area contributed by atoms with Crippen LogP contribution in [-0.4, -0.2) is 0 Å². The van der Waals surface area contributed by atoms with Gasteiger partial charge < -0.3 is 0 Å². The molecule has 0 saturated carbocycles. The van der Waals surface area contributed by atoms with Gasteiger partial charge in [0.2, 0.25) is 0 Å². The minimum atomic E-state index is 0.943. The Morgan fingerprint density at radius 1 is 1.07 bits per heavy atom. The molecule has 0 heteroatoms. The van der Waals surface area contributed by atoms with Crippen LogP contribution in [0.2, 0.25) is 0 Å². The Labute approximate surface area is 89.8 Å². The second-order valence-electron chi connectivity index (χ2n) is 4.73. The zero-order chi connectivity index (χ0) is 10.2. The SMILES string of the molecule is CCCCCC(CCCC)C1C=CC1. The van der Waals surface area contributed by atoms with Crippen LogP contribution < -0.4 is 0 Å². The molecule has 1 aliphatic carbocycles. The Bertz CT molecular complexity index is 157. The van der Waals surface area contributed by atoms with Crippen LogP contribution in [0.5, 0.6) is 0 Å². The molecule has 14 heavy (non-hydrogen) atoms. The van der Waals surface area contributed by atoms with Gasteiger partial charge in [0.15, 0.2) is 0 Å². The first-order valence-electron chi connectivity index (χ1n) is 6.55. The third kappa shape index (κ3) is 3.86. The highest BCUT2D eigenvalue weighted by molar-refractivity contribution is 5.04. The van der Waals surface area contributed by atoms with Crippen LogP contribution in [0.4, 0.5) is 0 Å². The lowest BCUT2D eigenvalue weighted by Crippen LogP contribution is -2.17. The summed E-state index contributed by atoms with van der Waals surface area (Å²) in [5.74, 6) is 1.95. The largest absolute Gasteiger partial charge is 0.0876 e. The van der Waals surface area contributed by atoms with E-state index in [4.69, 9.17) is 0 Å². The van der Waals surface area contributed by atoms with Crippen molar-refractivity contribution in [2.75, 3.05) is 0 Å². The molecule has 2 unspecified atom stereocenters. The number of unbranched alkanes of at least 4 members (excludes halogenated alkanes) is 3. The molecule has 0 bridgehead atoms. The number of hydrogen-bond donors (Lipinski definition) is 0. The van der Waals surface area contributed by atoms with Crippen molar-refractivity contribution in [3.63, 3.8) is 0 Å². The van der Waals surface area contributed by atoms with Gasteiger partial charge in [-0.1, -0.05) is 58.1 Å². The van der Waals surface area contributed by atoms with Gasteiger partial charge in [-0.2, -0.15) is 0 Å². The average molecular weight is 194 g/mol. The maximum Gasteiger partial charge on any atom is -0.0171 e. The topological polar surface area (TPSA) is 0 Å². The lowest BCUT2D eigenvalue weighted by molar-refractivity contribution is 0.310. The van der Waals surface area contributed by atoms with Crippen molar-refractivity contribution in [1.29, 1.82) is 0 Å². The van der Waals surface area contributed by atoms with E-state index in [1.165, 1.54) is 51.4 Å². The predicted octanol–water partition coefficient (Wildman–Crippen LogP) is 4.95. The van der Waals surface area contributed by atoms with Gasteiger partial charge in [0, 0.05) is 0 Å². The van der Waals surface area contributed by atoms with Crippen LogP contribution in [-0.2, 0) is 0 Å². The van der Waals surface area contributed by atoms with Crippen molar-refractivity contribution < 1.29 is 0 Å². The molecule has 0 aliphatic heterocycles. The Kier molecular flexibility index (Phi) is 5.98. The van der Waals surface area contributed by atoms with E-state index >= 15 is 0 Å². The molecule has 2 atom stereocenters. The second-order valence-corrected chi connectivity index (χ2v) is 4.73. The van der Waals surface area contributed by atoms with Crippen LogP contribution in [0.3, 0.4) is 0 Å². The molecule has 0 aromatic carbocycles. The zero-order valence-corrected chi connectivity index (χ0v) is 9.97. The Morgan fingerprint density at radius 2 is 1.71 bits per heavy atom. The zero-order valence-electron chi connectivity index (χ0n) is 9.97. The van der Waals surface area contributed by atoms with Crippen molar-refractivity contribution in [2.24, 2.45) is 11.8 Å². The lowest BCUT2D eigenvalue weighted by atomic mass is 9.77. The van der Waals surface area contributed by atoms with Crippen molar-refractivity contribution in [1.82, 2.24) is 0 Å². The first-order chi connectivity index (χ1) is 6.88. The fourth-order valence-electron chi connectivity index (χ4n) is 2.34. The summed E-state index contributed by atoms with van der Waals surface area (Å²) in [7, 11) is 0. The Hall–Kier alpha value is -0.260. The fraction of sp³-hybridized carbons (Fsp3) is 0.857. The van der Waals surface area contributed by atoms with Gasteiger partial charge in [-0.25, -0.2) is 0 Å². The van der Waals surface area contributed by atoms with Crippen LogP contribution in [0.1, 0.15) is 65.2 Å². The molecular formula is C14H26. The summed E-state index contributed by atoms with van der Waals surface area (Å²) >= 11 is 0. The lowest BCUT2D eigenvalue weighted by Gasteiger charge is -2.28. The molecule has 0 heterocycles. The Morgan fingerprint density at radius 3 is 2.21 bits per heavy atom. The average Bonchev–Trinajstić information content (AvgIpc) is 2.11. The van der Waals surface area contributed by atoms with E-state index in [-0.39, 0.29) is 0 Å². The van der Waals surface area contributed by atoms with Crippen molar-refractivity contribution in [3.05, 3.63) is 12.2 Å². The summed E-state index contributed by atoms with van der Waals surface area (Å²) in [6.45, 7) is 4.60. The summed E-state index contributed by atoms with van der Waals surface area (Å²) in [4.78, 5) is 0. The molecule has 0 amide bonds. The number of allylic oxidation sites excluding steroid dienone is 2. The van der Waals surface area contributed by atoms with Crippen LogP contribution >= 0.6 is 0 Å². The standard InChI is InChI=1S/C14H26/c1-3-5-7-10-13(9-6-4-2)14-11-8-12-14/h8,11,13-14H,3-7,9-10,12H2,1-2H3. The monoisotopic (exact) mass is 194 g/mol. The first-order valence-corrected chi connectivity index (χ1v) is 6.55. The summed E-state index contributed by atoms with van der Waals surface area (Å²) in [6, 6.07) is 0. The minimum Gasteiger partial charge on any atom is -0.0876 e. The van der Waals surface area contributed by atoms with Gasteiger partial charge in [0.05, 0.1) is 0 Å². The van der Waals surface area contributed by atoms with E-state index in [9.17, 15) is 0 Å². The smallest absolute Gasteiger partial charge is 0.0171 e. The van der Waals surface area contributed by atoms with E-state index in [2.05, 4.69) is 26.0 Å². The molecule has 0 N–H and O–H groups in total. The highest BCUT2D eigenvalue weighted by atomic mass is 14.3. The molecular weight excluding hydrogens is 168 g/mol. The molecule has 0 aromatic heterocycles. The summed E-state index contributed by atoms with van der Waals surface area (Å²) in [5, 5.41) is 0. The van der Waals surface area contributed by atoms with Crippen LogP contribution in [0.25, 0.3) is 0 Å². The molecule has 0 saturated heterocycles. The van der Waals surface area contributed by atoms with E-state index < -0.39 is 0 Å². The summed E-state index contributed by atoms with van der Waals surface area (Å²) in [5.41, 5.74) is 0. The molecule has 1 aliphatic rings. The van der Waals surface area contributed by atoms with Gasteiger partial charge in [-0.3, -0.25) is 0 Å². The molecule has 1 rings (SSSR count). The fourth-order valence-corrected chi connectivity index (χ4v) is 2.34. The van der Waals surface area contributed by atoms with E-state index in [1.807, 2.05) is 0 Å². The maximum atomic E-state index is 2.44. The molecule has 0 fully saturated rings. The van der Waals surface area contributed by atoms with Crippen molar-refractivity contribution >= 4 is 0 Å². The molecule has 0 aromatic rings. The quantitative estimate of drug-likeness (QED) is 0.379. The normalized spacial score (nSPS) is 22.0. The van der Waals surface area contributed by atoms with E-state index in [0.29, 0.717) is 0 Å². The van der Waals surface area contributed by atoms with E-state index in [0.717, 1.165) is 11.8 Å². The molecule has 0 radical (unpaired) electrons. The van der Waals surface area contributed by atoms with E-state index in [1.54, 1.807) is 0 Å². The summed E-state index contributed by atoms with van der Waals surface area (Å²) in [6.07, 6.45) is 16.1. The van der Waals surface area contributed by atoms with Gasteiger partial charge >= 0.3 is 0 Å². The van der Waals surface area contributed by atoms with Crippen LogP contribution in [0, 0.1) is 11.8 Å². The van der Waals surface area contributed by atoms with Crippen molar-refractivity contribution in [3.8, 4) is 0 Å². The highest BCUT2D eigenvalue weighted by Gasteiger charge is 2.21. The molecule has 0 spiro atoms. The number of hydrogen-bond acceptors (Lipinski definition) is 0. The van der Waals surface area contributed by atoms with Gasteiger partial charge in [0.25, 0.3) is 0 Å². The summed E-state index contributed by atoms with van der Waals surface area (Å²) < 4.78 is 0. The maximum absolute atomic E-state index is 2.44. The third-order valence-electron chi connectivity index (χ3n) is 3.50. The number of rotatable bonds is 8. The Balaban J connectivity index is 2.18. The second kappa shape index (κ2) is 7.09. The third-order valence-corrected chi connectivity index (χ3v) is 3.50. The van der Waals surface area contributed by atoms with Gasteiger partial charge in [-0.15, -0.1) is 0 Å².